The van der Waals surface area contributed by atoms with E-state index < -0.39 is 0 Å². The summed E-state index contributed by atoms with van der Waals surface area (Å²) in [5, 5.41) is 8.60. The van der Waals surface area contributed by atoms with Crippen LogP contribution >= 0.6 is 15.9 Å². The highest BCUT2D eigenvalue weighted by atomic mass is 79.9. The second-order valence-electron chi connectivity index (χ2n) is 2.19. The van der Waals surface area contributed by atoms with Crippen LogP contribution in [0.25, 0.3) is 0 Å². The Morgan fingerprint density at radius 2 is 2.00 bits per heavy atom. The second-order valence-corrected chi connectivity index (χ2v) is 3.71. The summed E-state index contributed by atoms with van der Waals surface area (Å²) in [5.74, 6) is 0. The normalized spacial score (nSPS) is 24.9. The highest BCUT2D eigenvalue weighted by Gasteiger charge is 2.28. The van der Waals surface area contributed by atoms with Crippen molar-refractivity contribution in [2.45, 2.75) is 17.2 Å². The molecule has 0 radical (unpaired) electrons. The van der Waals surface area contributed by atoms with E-state index >= 15 is 0 Å². The maximum Gasteiger partial charge on any atom is 0.116 e. The number of hydrogen-bond donors (Lipinski definition) is 0. The van der Waals surface area contributed by atoms with Crippen LogP contribution in [0.15, 0.2) is 0 Å². The van der Waals surface area contributed by atoms with E-state index in [4.69, 9.17) is 10.00 Å². The average molecular weight is 190 g/mol. The zero-order chi connectivity index (χ0) is 6.74. The molecule has 0 aliphatic carbocycles. The highest BCUT2D eigenvalue weighted by molar-refractivity contribution is 9.10. The third-order valence-corrected chi connectivity index (χ3v) is 2.46. The van der Waals surface area contributed by atoms with Crippen molar-refractivity contribution in [2.24, 2.45) is 0 Å². The van der Waals surface area contributed by atoms with Gasteiger partial charge in [-0.2, -0.15) is 5.26 Å². The number of ether oxygens (including phenoxy) is 1. The van der Waals surface area contributed by atoms with Crippen molar-refractivity contribution >= 4 is 15.9 Å². The molecular weight excluding hydrogens is 182 g/mol. The van der Waals surface area contributed by atoms with Crippen LogP contribution in [0, 0.1) is 11.3 Å². The average Bonchev–Trinajstić information content (AvgIpc) is 1.90. The van der Waals surface area contributed by atoms with Crippen LogP contribution in [0.4, 0.5) is 0 Å². The number of nitriles is 1. The Morgan fingerprint density at radius 1 is 1.44 bits per heavy atom. The highest BCUT2D eigenvalue weighted by Crippen LogP contribution is 2.28. The molecule has 0 aromatic rings. The van der Waals surface area contributed by atoms with Gasteiger partial charge in [-0.15, -0.1) is 0 Å². The first-order valence-corrected chi connectivity index (χ1v) is 3.74. The summed E-state index contributed by atoms with van der Waals surface area (Å²) >= 11 is 3.35. The molecule has 0 aromatic heterocycles. The number of alkyl halides is 1. The summed E-state index contributed by atoms with van der Waals surface area (Å²) < 4.78 is 4.80. The number of hydrogen-bond acceptors (Lipinski definition) is 2. The van der Waals surface area contributed by atoms with Crippen molar-refractivity contribution in [3.05, 3.63) is 0 Å². The zero-order valence-corrected chi connectivity index (χ0v) is 6.65. The lowest BCUT2D eigenvalue weighted by atomic mass is 10.0. The molecule has 1 fully saturated rings. The fraction of sp³-hybridized carbons (Fsp3) is 0.833. The van der Waals surface area contributed by atoms with Crippen LogP contribution < -0.4 is 0 Å². The van der Waals surface area contributed by atoms with E-state index in [1.807, 2.05) is 0 Å². The van der Waals surface area contributed by atoms with Crippen molar-refractivity contribution in [1.29, 1.82) is 5.26 Å². The minimum Gasteiger partial charge on any atom is -0.381 e. The lowest BCUT2D eigenvalue weighted by molar-refractivity contribution is 0.0899. The van der Waals surface area contributed by atoms with Crippen molar-refractivity contribution < 1.29 is 4.74 Å². The molecular formula is C6H8BrNO. The Morgan fingerprint density at radius 3 is 2.33 bits per heavy atom. The molecule has 0 spiro atoms. The Balaban J connectivity index is 2.49. The van der Waals surface area contributed by atoms with Crippen LogP contribution in [0.5, 0.6) is 0 Å². The number of nitrogens with zero attached hydrogens (tertiary/aromatic N) is 1. The van der Waals surface area contributed by atoms with Crippen LogP contribution in [-0.2, 0) is 4.74 Å². The predicted octanol–water partition coefficient (Wildman–Crippen LogP) is 1.45. The van der Waals surface area contributed by atoms with Gasteiger partial charge in [-0.05, 0) is 12.8 Å². The molecule has 0 bridgehead atoms. The lowest BCUT2D eigenvalue weighted by Gasteiger charge is -2.23. The molecule has 0 saturated carbocycles. The summed E-state index contributed by atoms with van der Waals surface area (Å²) in [6.45, 7) is 1.41. The van der Waals surface area contributed by atoms with Crippen LogP contribution in [0.2, 0.25) is 0 Å². The van der Waals surface area contributed by atoms with Crippen molar-refractivity contribution in [3.8, 4) is 6.07 Å². The van der Waals surface area contributed by atoms with Gasteiger partial charge in [-0.3, -0.25) is 0 Å². The first-order valence-electron chi connectivity index (χ1n) is 2.95. The molecule has 0 N–H and O–H groups in total. The number of rotatable bonds is 0. The molecule has 1 aliphatic rings. The predicted molar refractivity (Wildman–Crippen MR) is 37.3 cm³/mol. The summed E-state index contributed by atoms with van der Waals surface area (Å²) in [6, 6.07) is 2.22. The Bertz CT molecular complexity index is 134. The van der Waals surface area contributed by atoms with E-state index in [1.54, 1.807) is 0 Å². The fourth-order valence-electron chi connectivity index (χ4n) is 0.807. The molecule has 50 valence electrons. The van der Waals surface area contributed by atoms with Gasteiger partial charge in [0.2, 0.25) is 0 Å². The van der Waals surface area contributed by atoms with E-state index in [1.165, 1.54) is 0 Å². The van der Waals surface area contributed by atoms with E-state index in [0.29, 0.717) is 13.2 Å². The van der Waals surface area contributed by atoms with Gasteiger partial charge in [0.15, 0.2) is 0 Å². The second kappa shape index (κ2) is 2.68. The molecule has 9 heavy (non-hydrogen) atoms. The van der Waals surface area contributed by atoms with Crippen molar-refractivity contribution in [3.63, 3.8) is 0 Å². The Labute approximate surface area is 62.9 Å². The van der Waals surface area contributed by atoms with Crippen LogP contribution in [-0.4, -0.2) is 17.5 Å². The summed E-state index contributed by atoms with van der Waals surface area (Å²) in [5.41, 5.74) is 0. The standard InChI is InChI=1S/C6H8BrNO/c7-6(5-8)1-3-9-4-2-6/h1-4H2. The molecule has 1 heterocycles. The fourth-order valence-corrected chi connectivity index (χ4v) is 1.13. The molecule has 0 unspecified atom stereocenters. The van der Waals surface area contributed by atoms with Crippen molar-refractivity contribution in [1.82, 2.24) is 0 Å². The third-order valence-electron chi connectivity index (χ3n) is 1.49. The van der Waals surface area contributed by atoms with E-state index in [-0.39, 0.29) is 4.32 Å². The van der Waals surface area contributed by atoms with Gasteiger partial charge in [0.25, 0.3) is 0 Å². The molecule has 0 atom stereocenters. The quantitative estimate of drug-likeness (QED) is 0.541. The van der Waals surface area contributed by atoms with Gasteiger partial charge < -0.3 is 4.74 Å². The summed E-state index contributed by atoms with van der Waals surface area (Å²) in [6.07, 6.45) is 1.62. The van der Waals surface area contributed by atoms with Crippen LogP contribution in [0.1, 0.15) is 12.8 Å². The molecule has 2 nitrogen and oxygen atoms in total. The first kappa shape index (κ1) is 7.04. The van der Waals surface area contributed by atoms with E-state index in [0.717, 1.165) is 12.8 Å². The maximum absolute atomic E-state index is 8.60. The summed E-state index contributed by atoms with van der Waals surface area (Å²) in [4.78, 5) is 0. The zero-order valence-electron chi connectivity index (χ0n) is 5.06. The van der Waals surface area contributed by atoms with Gasteiger partial charge in [0.05, 0.1) is 6.07 Å². The molecule has 1 saturated heterocycles. The van der Waals surface area contributed by atoms with Crippen molar-refractivity contribution in [2.75, 3.05) is 13.2 Å². The Hall–Kier alpha value is -0.0700. The van der Waals surface area contributed by atoms with E-state index in [2.05, 4.69) is 22.0 Å². The SMILES string of the molecule is N#CC1(Br)CCOCC1. The topological polar surface area (TPSA) is 33.0 Å². The van der Waals surface area contributed by atoms with Crippen LogP contribution in [0.3, 0.4) is 0 Å². The van der Waals surface area contributed by atoms with Gasteiger partial charge in [-0.1, -0.05) is 15.9 Å². The molecule has 1 aliphatic heterocycles. The van der Waals surface area contributed by atoms with E-state index in [9.17, 15) is 0 Å². The van der Waals surface area contributed by atoms with Gasteiger partial charge >= 0.3 is 0 Å². The smallest absolute Gasteiger partial charge is 0.116 e. The van der Waals surface area contributed by atoms with Gasteiger partial charge in [0.1, 0.15) is 4.32 Å². The minimum absolute atomic E-state index is 0.286. The molecule has 0 amide bonds. The van der Waals surface area contributed by atoms with Gasteiger partial charge in [-0.25, -0.2) is 0 Å². The molecule has 3 heteroatoms. The maximum atomic E-state index is 8.60. The first-order chi connectivity index (χ1) is 4.27. The third kappa shape index (κ3) is 1.67. The number of halogens is 1. The molecule has 1 rings (SSSR count). The monoisotopic (exact) mass is 189 g/mol. The summed E-state index contributed by atoms with van der Waals surface area (Å²) in [7, 11) is 0. The molecule has 0 aromatic carbocycles. The largest absolute Gasteiger partial charge is 0.381 e. The van der Waals surface area contributed by atoms with Gasteiger partial charge in [0, 0.05) is 13.2 Å². The Kier molecular flexibility index (Phi) is 2.09. The lowest BCUT2D eigenvalue weighted by Crippen LogP contribution is -2.27. The minimum atomic E-state index is -0.286.